The molecule has 0 aliphatic carbocycles. The van der Waals surface area contributed by atoms with Crippen molar-refractivity contribution in [3.05, 3.63) is 18.2 Å². The number of aromatic nitrogens is 4. The lowest BCUT2D eigenvalue weighted by Crippen LogP contribution is -2.36. The maximum atomic E-state index is 4.61. The van der Waals surface area contributed by atoms with Crippen LogP contribution in [0.4, 0.5) is 5.82 Å². The standard InChI is InChI=1S/C14H20N6/c1-3-12-11-7-15-6-10(11)8-20(12)13-14-18-17-9(2)19(14)5-4-16-13/h4-5,10-12,15H,3,6-8H2,1-2H3. The summed E-state index contributed by atoms with van der Waals surface area (Å²) in [4.78, 5) is 7.07. The van der Waals surface area contributed by atoms with Crippen molar-refractivity contribution in [1.29, 1.82) is 0 Å². The van der Waals surface area contributed by atoms with E-state index in [1.807, 2.05) is 23.7 Å². The van der Waals surface area contributed by atoms with Crippen molar-refractivity contribution in [2.45, 2.75) is 26.3 Å². The summed E-state index contributed by atoms with van der Waals surface area (Å²) in [6.45, 7) is 7.59. The Hall–Kier alpha value is -1.69. The average molecular weight is 272 g/mol. The highest BCUT2D eigenvalue weighted by Gasteiger charge is 2.44. The monoisotopic (exact) mass is 272 g/mol. The number of rotatable bonds is 2. The Morgan fingerprint density at radius 2 is 2.25 bits per heavy atom. The van der Waals surface area contributed by atoms with Gasteiger partial charge in [0.15, 0.2) is 5.82 Å². The predicted molar refractivity (Wildman–Crippen MR) is 76.8 cm³/mol. The quantitative estimate of drug-likeness (QED) is 0.879. The molecule has 6 heteroatoms. The van der Waals surface area contributed by atoms with Crippen molar-refractivity contribution in [3.63, 3.8) is 0 Å². The predicted octanol–water partition coefficient (Wildman–Crippen LogP) is 0.867. The molecule has 0 aromatic carbocycles. The molecule has 0 spiro atoms. The Labute approximate surface area is 118 Å². The van der Waals surface area contributed by atoms with Crippen LogP contribution in [0.1, 0.15) is 19.2 Å². The molecule has 6 nitrogen and oxygen atoms in total. The Kier molecular flexibility index (Phi) is 2.66. The highest BCUT2D eigenvalue weighted by Crippen LogP contribution is 2.37. The lowest BCUT2D eigenvalue weighted by molar-refractivity contribution is 0.441. The molecule has 0 radical (unpaired) electrons. The van der Waals surface area contributed by atoms with Crippen molar-refractivity contribution < 1.29 is 0 Å². The molecule has 0 bridgehead atoms. The van der Waals surface area contributed by atoms with Crippen molar-refractivity contribution in [3.8, 4) is 0 Å². The minimum Gasteiger partial charge on any atom is -0.350 e. The Balaban J connectivity index is 1.79. The normalized spacial score (nSPS) is 29.3. The highest BCUT2D eigenvalue weighted by atomic mass is 15.3. The van der Waals surface area contributed by atoms with Crippen LogP contribution >= 0.6 is 0 Å². The minimum atomic E-state index is 0.561. The third-order valence-electron chi connectivity index (χ3n) is 4.89. The van der Waals surface area contributed by atoms with Gasteiger partial charge in [-0.1, -0.05) is 6.92 Å². The summed E-state index contributed by atoms with van der Waals surface area (Å²) in [5.41, 5.74) is 0.886. The van der Waals surface area contributed by atoms with E-state index in [1.54, 1.807) is 0 Å². The maximum Gasteiger partial charge on any atom is 0.203 e. The first kappa shape index (κ1) is 12.1. The van der Waals surface area contributed by atoms with Gasteiger partial charge in [-0.15, -0.1) is 10.2 Å². The number of aryl methyl sites for hydroxylation is 1. The van der Waals surface area contributed by atoms with Crippen LogP contribution in [-0.4, -0.2) is 45.3 Å². The van der Waals surface area contributed by atoms with E-state index in [9.17, 15) is 0 Å². The third kappa shape index (κ3) is 1.57. The molecule has 2 aliphatic heterocycles. The van der Waals surface area contributed by atoms with Crippen molar-refractivity contribution >= 4 is 11.5 Å². The SMILES string of the molecule is CCC1C2CNCC2CN1c1nccn2c(C)nnc12. The van der Waals surface area contributed by atoms with Crippen molar-refractivity contribution in [1.82, 2.24) is 24.9 Å². The zero-order chi connectivity index (χ0) is 13.7. The van der Waals surface area contributed by atoms with E-state index in [-0.39, 0.29) is 0 Å². The molecular weight excluding hydrogens is 252 g/mol. The molecular formula is C14H20N6. The first-order chi connectivity index (χ1) is 9.79. The van der Waals surface area contributed by atoms with Gasteiger partial charge in [-0.3, -0.25) is 4.40 Å². The molecule has 3 atom stereocenters. The van der Waals surface area contributed by atoms with Crippen LogP contribution in [0.5, 0.6) is 0 Å². The highest BCUT2D eigenvalue weighted by molar-refractivity contribution is 5.65. The largest absolute Gasteiger partial charge is 0.350 e. The van der Waals surface area contributed by atoms with Crippen LogP contribution in [0, 0.1) is 18.8 Å². The van der Waals surface area contributed by atoms with Crippen LogP contribution in [-0.2, 0) is 0 Å². The fraction of sp³-hybridized carbons (Fsp3) is 0.643. The van der Waals surface area contributed by atoms with Gasteiger partial charge < -0.3 is 10.2 Å². The van der Waals surface area contributed by atoms with Gasteiger partial charge >= 0.3 is 0 Å². The number of anilines is 1. The summed E-state index contributed by atoms with van der Waals surface area (Å²) >= 11 is 0. The molecule has 2 fully saturated rings. The Morgan fingerprint density at radius 3 is 3.10 bits per heavy atom. The Bertz CT molecular complexity index is 636. The summed E-state index contributed by atoms with van der Waals surface area (Å²) in [5, 5.41) is 12.0. The molecule has 4 rings (SSSR count). The average Bonchev–Trinajstić information content (AvgIpc) is 3.12. The lowest BCUT2D eigenvalue weighted by Gasteiger charge is -2.27. The van der Waals surface area contributed by atoms with E-state index >= 15 is 0 Å². The first-order valence-electron chi connectivity index (χ1n) is 7.43. The minimum absolute atomic E-state index is 0.561. The van der Waals surface area contributed by atoms with Gasteiger partial charge in [0.1, 0.15) is 5.82 Å². The van der Waals surface area contributed by atoms with Gasteiger partial charge in [-0.25, -0.2) is 4.98 Å². The van der Waals surface area contributed by atoms with E-state index in [4.69, 9.17) is 0 Å². The Morgan fingerprint density at radius 1 is 1.35 bits per heavy atom. The molecule has 1 N–H and O–H groups in total. The molecule has 0 saturated carbocycles. The van der Waals surface area contributed by atoms with Gasteiger partial charge in [-0.05, 0) is 25.2 Å². The van der Waals surface area contributed by atoms with Gasteiger partial charge in [0.2, 0.25) is 5.65 Å². The van der Waals surface area contributed by atoms with E-state index in [0.29, 0.717) is 6.04 Å². The molecule has 2 aromatic rings. The second-order valence-corrected chi connectivity index (χ2v) is 5.90. The summed E-state index contributed by atoms with van der Waals surface area (Å²) in [6, 6.07) is 0.561. The second-order valence-electron chi connectivity index (χ2n) is 5.90. The van der Waals surface area contributed by atoms with Crippen molar-refractivity contribution in [2.75, 3.05) is 24.5 Å². The van der Waals surface area contributed by atoms with Gasteiger partial charge in [0.05, 0.1) is 0 Å². The molecule has 2 aromatic heterocycles. The van der Waals surface area contributed by atoms with E-state index in [0.717, 1.165) is 55.2 Å². The number of nitrogens with zero attached hydrogens (tertiary/aromatic N) is 5. The summed E-state index contributed by atoms with van der Waals surface area (Å²) < 4.78 is 2.03. The topological polar surface area (TPSA) is 58.4 Å². The molecule has 0 amide bonds. The molecule has 2 saturated heterocycles. The zero-order valence-electron chi connectivity index (χ0n) is 12.0. The van der Waals surface area contributed by atoms with Crippen LogP contribution in [0.25, 0.3) is 5.65 Å². The summed E-state index contributed by atoms with van der Waals surface area (Å²) in [7, 11) is 0. The van der Waals surface area contributed by atoms with Crippen LogP contribution < -0.4 is 10.2 Å². The van der Waals surface area contributed by atoms with Crippen LogP contribution in [0.2, 0.25) is 0 Å². The lowest BCUT2D eigenvalue weighted by atomic mass is 9.93. The zero-order valence-corrected chi connectivity index (χ0v) is 12.0. The van der Waals surface area contributed by atoms with Crippen LogP contribution in [0.3, 0.4) is 0 Å². The fourth-order valence-electron chi connectivity index (χ4n) is 3.92. The smallest absolute Gasteiger partial charge is 0.203 e. The van der Waals surface area contributed by atoms with Gasteiger partial charge in [0.25, 0.3) is 0 Å². The second kappa shape index (κ2) is 4.41. The molecule has 4 heterocycles. The van der Waals surface area contributed by atoms with E-state index < -0.39 is 0 Å². The van der Waals surface area contributed by atoms with E-state index in [2.05, 4.69) is 32.3 Å². The van der Waals surface area contributed by atoms with Gasteiger partial charge in [0, 0.05) is 38.1 Å². The molecule has 3 unspecified atom stereocenters. The van der Waals surface area contributed by atoms with Crippen LogP contribution in [0.15, 0.2) is 12.4 Å². The number of fused-ring (bicyclic) bond motifs is 2. The summed E-state index contributed by atoms with van der Waals surface area (Å²) in [5.74, 6) is 3.39. The van der Waals surface area contributed by atoms with Crippen molar-refractivity contribution in [2.24, 2.45) is 11.8 Å². The fourth-order valence-corrected chi connectivity index (χ4v) is 3.92. The number of nitrogens with one attached hydrogen (secondary N) is 1. The maximum absolute atomic E-state index is 4.61. The first-order valence-corrected chi connectivity index (χ1v) is 7.43. The number of hydrogen-bond donors (Lipinski definition) is 1. The number of hydrogen-bond acceptors (Lipinski definition) is 5. The third-order valence-corrected chi connectivity index (χ3v) is 4.89. The molecule has 106 valence electrons. The molecule has 20 heavy (non-hydrogen) atoms. The van der Waals surface area contributed by atoms with Gasteiger partial charge in [-0.2, -0.15) is 0 Å². The summed E-state index contributed by atoms with van der Waals surface area (Å²) in [6.07, 6.45) is 4.95. The molecule has 2 aliphatic rings. The van der Waals surface area contributed by atoms with E-state index in [1.165, 1.54) is 0 Å².